The first-order valence-electron chi connectivity index (χ1n) is 9.22. The maximum absolute atomic E-state index is 12.3. The molecule has 1 aliphatic rings. The molecule has 3 aromatic rings. The zero-order valence-electron chi connectivity index (χ0n) is 15.0. The van der Waals surface area contributed by atoms with Crippen molar-refractivity contribution >= 4 is 16.7 Å². The van der Waals surface area contributed by atoms with Gasteiger partial charge in [-0.2, -0.15) is 0 Å². The number of carbonyl (C=O) groups is 1. The van der Waals surface area contributed by atoms with Gasteiger partial charge in [0.2, 0.25) is 0 Å². The van der Waals surface area contributed by atoms with Crippen molar-refractivity contribution in [2.24, 2.45) is 0 Å². The van der Waals surface area contributed by atoms with Gasteiger partial charge >= 0.3 is 0 Å². The number of hydrogen-bond acceptors (Lipinski definition) is 2. The van der Waals surface area contributed by atoms with Crippen molar-refractivity contribution in [3.05, 3.63) is 77.4 Å². The van der Waals surface area contributed by atoms with Crippen LogP contribution in [-0.4, -0.2) is 12.5 Å². The third-order valence-electron chi connectivity index (χ3n) is 5.09. The van der Waals surface area contributed by atoms with E-state index in [1.54, 1.807) is 0 Å². The van der Waals surface area contributed by atoms with E-state index in [4.69, 9.17) is 4.74 Å². The normalized spacial score (nSPS) is 14.0. The molecule has 3 nitrogen and oxygen atoms in total. The van der Waals surface area contributed by atoms with Crippen LogP contribution in [0.3, 0.4) is 0 Å². The van der Waals surface area contributed by atoms with E-state index >= 15 is 0 Å². The summed E-state index contributed by atoms with van der Waals surface area (Å²) in [6.07, 6.45) is 3.56. The molecule has 0 bridgehead atoms. The number of aryl methyl sites for hydroxylation is 2. The number of ether oxygens (including phenoxy) is 1. The first-order valence-corrected chi connectivity index (χ1v) is 9.22. The molecule has 0 spiro atoms. The lowest BCUT2D eigenvalue weighted by molar-refractivity contribution is -0.123. The predicted molar refractivity (Wildman–Crippen MR) is 104 cm³/mol. The molecule has 1 amide bonds. The van der Waals surface area contributed by atoms with E-state index in [9.17, 15) is 4.79 Å². The Morgan fingerprint density at radius 2 is 1.81 bits per heavy atom. The number of rotatable bonds is 5. The number of benzene rings is 3. The van der Waals surface area contributed by atoms with Crippen molar-refractivity contribution < 1.29 is 9.53 Å². The van der Waals surface area contributed by atoms with Crippen LogP contribution in [0.25, 0.3) is 10.8 Å². The summed E-state index contributed by atoms with van der Waals surface area (Å²) < 4.78 is 5.67. The highest BCUT2D eigenvalue weighted by Crippen LogP contribution is 2.25. The lowest BCUT2D eigenvalue weighted by atomic mass is 10.0. The molecular weight excluding hydrogens is 322 g/mol. The smallest absolute Gasteiger partial charge is 0.258 e. The molecule has 0 heterocycles. The van der Waals surface area contributed by atoms with Gasteiger partial charge in [0.15, 0.2) is 6.61 Å². The quantitative estimate of drug-likeness (QED) is 0.735. The van der Waals surface area contributed by atoms with Crippen LogP contribution in [0.5, 0.6) is 5.75 Å². The van der Waals surface area contributed by atoms with Crippen molar-refractivity contribution in [3.63, 3.8) is 0 Å². The van der Waals surface area contributed by atoms with Crippen LogP contribution in [0.1, 0.15) is 36.1 Å². The highest BCUT2D eigenvalue weighted by Gasteiger charge is 2.15. The minimum atomic E-state index is -0.105. The summed E-state index contributed by atoms with van der Waals surface area (Å²) in [5.74, 6) is 0.607. The molecule has 0 unspecified atom stereocenters. The highest BCUT2D eigenvalue weighted by molar-refractivity contribution is 5.84. The Balaban J connectivity index is 1.35. The Morgan fingerprint density at radius 1 is 1.00 bits per heavy atom. The largest absolute Gasteiger partial charge is 0.484 e. The standard InChI is InChI=1S/C23H23NO2/c1-16(19-10-9-18-7-4-8-20(18)13-19)24-23(25)15-26-22-12-11-17-5-2-3-6-21(17)14-22/h2-3,5-6,9-14,16H,4,7-8,15H2,1H3,(H,24,25)/t16-/m0/s1. The fraction of sp³-hybridized carbons (Fsp3) is 0.261. The summed E-state index contributed by atoms with van der Waals surface area (Å²) in [6.45, 7) is 2.04. The van der Waals surface area contributed by atoms with Crippen LogP contribution in [0.2, 0.25) is 0 Å². The van der Waals surface area contributed by atoms with Gasteiger partial charge in [-0.1, -0.05) is 48.5 Å². The predicted octanol–water partition coefficient (Wildman–Crippen LogP) is 4.58. The molecule has 3 aromatic carbocycles. The Labute approximate surface area is 154 Å². The van der Waals surface area contributed by atoms with Gasteiger partial charge in [0.05, 0.1) is 6.04 Å². The van der Waals surface area contributed by atoms with Crippen LogP contribution in [-0.2, 0) is 17.6 Å². The van der Waals surface area contributed by atoms with Crippen molar-refractivity contribution in [2.45, 2.75) is 32.2 Å². The monoisotopic (exact) mass is 345 g/mol. The van der Waals surface area contributed by atoms with Gasteiger partial charge in [0, 0.05) is 0 Å². The molecule has 4 rings (SSSR count). The van der Waals surface area contributed by atoms with E-state index < -0.39 is 0 Å². The molecule has 0 aliphatic heterocycles. The van der Waals surface area contributed by atoms with E-state index in [2.05, 4.69) is 29.6 Å². The second kappa shape index (κ2) is 7.20. The zero-order chi connectivity index (χ0) is 17.9. The number of nitrogens with one attached hydrogen (secondary N) is 1. The Bertz CT molecular complexity index is 948. The maximum Gasteiger partial charge on any atom is 0.258 e. The van der Waals surface area contributed by atoms with Gasteiger partial charge in [-0.25, -0.2) is 0 Å². The molecular formula is C23H23NO2. The molecule has 1 atom stereocenters. The fourth-order valence-electron chi connectivity index (χ4n) is 3.63. The summed E-state index contributed by atoms with van der Waals surface area (Å²) in [6, 6.07) is 20.5. The topological polar surface area (TPSA) is 38.3 Å². The van der Waals surface area contributed by atoms with Crippen molar-refractivity contribution in [2.75, 3.05) is 6.61 Å². The second-order valence-electron chi connectivity index (χ2n) is 6.97. The molecule has 1 N–H and O–H groups in total. The van der Waals surface area contributed by atoms with Crippen LogP contribution >= 0.6 is 0 Å². The van der Waals surface area contributed by atoms with Crippen molar-refractivity contribution in [1.82, 2.24) is 5.32 Å². The van der Waals surface area contributed by atoms with Crippen molar-refractivity contribution in [3.8, 4) is 5.75 Å². The molecule has 132 valence electrons. The van der Waals surface area contributed by atoms with Gasteiger partial charge in [0.25, 0.3) is 5.91 Å². The van der Waals surface area contributed by atoms with E-state index in [0.29, 0.717) is 5.75 Å². The molecule has 1 aliphatic carbocycles. The summed E-state index contributed by atoms with van der Waals surface area (Å²) >= 11 is 0. The number of carbonyl (C=O) groups excluding carboxylic acids is 1. The van der Waals surface area contributed by atoms with E-state index in [1.165, 1.54) is 24.0 Å². The molecule has 0 saturated carbocycles. The van der Waals surface area contributed by atoms with Crippen LogP contribution in [0, 0.1) is 0 Å². The first kappa shape index (κ1) is 16.6. The number of hydrogen-bond donors (Lipinski definition) is 1. The van der Waals surface area contributed by atoms with Gasteiger partial charge in [-0.3, -0.25) is 4.79 Å². The summed E-state index contributed by atoms with van der Waals surface area (Å²) in [7, 11) is 0. The first-order chi connectivity index (χ1) is 12.7. The van der Waals surface area contributed by atoms with Gasteiger partial charge in [0.1, 0.15) is 5.75 Å². The zero-order valence-corrected chi connectivity index (χ0v) is 15.0. The molecule has 26 heavy (non-hydrogen) atoms. The van der Waals surface area contributed by atoms with E-state index in [-0.39, 0.29) is 18.6 Å². The summed E-state index contributed by atoms with van der Waals surface area (Å²) in [5.41, 5.74) is 4.03. The van der Waals surface area contributed by atoms with E-state index in [1.807, 2.05) is 43.3 Å². The molecule has 0 aromatic heterocycles. The molecule has 0 radical (unpaired) electrons. The third kappa shape index (κ3) is 3.57. The molecule has 3 heteroatoms. The lowest BCUT2D eigenvalue weighted by Crippen LogP contribution is -2.31. The fourth-order valence-corrected chi connectivity index (χ4v) is 3.63. The van der Waals surface area contributed by atoms with Crippen LogP contribution < -0.4 is 10.1 Å². The molecule has 0 fully saturated rings. The average Bonchev–Trinajstić information content (AvgIpc) is 3.14. The van der Waals surface area contributed by atoms with Gasteiger partial charge in [-0.15, -0.1) is 0 Å². The van der Waals surface area contributed by atoms with Crippen molar-refractivity contribution in [1.29, 1.82) is 0 Å². The average molecular weight is 345 g/mol. The minimum Gasteiger partial charge on any atom is -0.484 e. The Hall–Kier alpha value is -2.81. The Kier molecular flexibility index (Phi) is 4.61. The highest BCUT2D eigenvalue weighted by atomic mass is 16.5. The maximum atomic E-state index is 12.3. The summed E-state index contributed by atoms with van der Waals surface area (Å²) in [5, 5.41) is 5.30. The number of amides is 1. The second-order valence-corrected chi connectivity index (χ2v) is 6.97. The minimum absolute atomic E-state index is 0.0198. The van der Waals surface area contributed by atoms with Crippen LogP contribution in [0.15, 0.2) is 60.7 Å². The molecule has 0 saturated heterocycles. The summed E-state index contributed by atoms with van der Waals surface area (Å²) in [4.78, 5) is 12.3. The number of fused-ring (bicyclic) bond motifs is 2. The van der Waals surface area contributed by atoms with Gasteiger partial charge in [-0.05, 0) is 65.8 Å². The Morgan fingerprint density at radius 3 is 2.69 bits per heavy atom. The SMILES string of the molecule is C[C@H](NC(=O)COc1ccc2ccccc2c1)c1ccc2c(c1)CCC2. The van der Waals surface area contributed by atoms with Gasteiger partial charge < -0.3 is 10.1 Å². The lowest BCUT2D eigenvalue weighted by Gasteiger charge is -2.16. The third-order valence-corrected chi connectivity index (χ3v) is 5.09. The van der Waals surface area contributed by atoms with E-state index in [0.717, 1.165) is 22.8 Å². The van der Waals surface area contributed by atoms with Crippen LogP contribution in [0.4, 0.5) is 0 Å².